The maximum absolute atomic E-state index is 3.81. The molecule has 0 heterocycles. The highest BCUT2D eigenvalue weighted by Crippen LogP contribution is 3.43. The second-order valence-corrected chi connectivity index (χ2v) is 229. The SMILES string of the molecule is PPP(P)P(P(P(P)P)P(P)P)C(P(P(P(P)P)P(P)P)P(P(P)P)P(P)P)(P(P(P(P)P)P(P)P)P(P(P)P)P(P)P)P(P(P(P)P)P(P)P)P(P(P)P)P(P)P. The van der Waals surface area contributed by atoms with E-state index in [1.54, 1.807) is 0 Å². The lowest BCUT2D eigenvalue weighted by Gasteiger charge is -2.68. The summed E-state index contributed by atoms with van der Waals surface area (Å²) in [5.74, 6) is 0. The van der Waals surface area contributed by atoms with Gasteiger partial charge in [0.05, 0.1) is 4.38 Å². The van der Waals surface area contributed by atoms with Crippen molar-refractivity contribution in [3.05, 3.63) is 0 Å². The third-order valence-electron chi connectivity index (χ3n) is 5.49. The predicted molar refractivity (Wildman–Crippen MR) is 482 cm³/mol. The molecule has 0 aliphatic heterocycles. The average molecular weight is 1840 g/mol. The Labute approximate surface area is 456 Å². The van der Waals surface area contributed by atoms with Crippen molar-refractivity contribution in [3.8, 4) is 0 Å². The van der Waals surface area contributed by atoms with Gasteiger partial charge >= 0.3 is 0 Å². The molecule has 0 rings (SSSR count). The maximum Gasteiger partial charge on any atom is 0.0859 e. The second-order valence-electron chi connectivity index (χ2n) is 9.43. The van der Waals surface area contributed by atoms with Gasteiger partial charge in [-0.25, -0.2) is 0 Å². The lowest BCUT2D eigenvalue weighted by atomic mass is 11.8. The fourth-order valence-electron chi connectivity index (χ4n) is 4.02. The van der Waals surface area contributed by atoms with Gasteiger partial charge in [0.15, 0.2) is 0 Å². The summed E-state index contributed by atoms with van der Waals surface area (Å²) in [6.07, 6.45) is 0. The molecule has 350 valence electrons. The lowest BCUT2D eigenvalue weighted by Crippen LogP contribution is -2.14. The number of hydrogen-bond donors (Lipinski definition) is 0. The van der Waals surface area contributed by atoms with Crippen molar-refractivity contribution >= 4 is 459 Å². The van der Waals surface area contributed by atoms with E-state index in [1.807, 2.05) is 0 Å². The Morgan fingerprint density at radius 1 is 0.207 bits per heavy atom. The molecule has 58 heavy (non-hydrogen) atoms. The molecule has 0 fully saturated rings. The molecule has 0 spiro atoms. The van der Waals surface area contributed by atoms with Crippen LogP contribution in [0.15, 0.2) is 0 Å². The summed E-state index contributed by atoms with van der Waals surface area (Å²) in [4.78, 5) is 0. The Kier molecular flexibility index (Phi) is 62.7. The van der Waals surface area contributed by atoms with E-state index in [2.05, 4.69) is 268 Å². The van der Waals surface area contributed by atoms with E-state index in [9.17, 15) is 0 Å². The molecule has 57 heteroatoms. The fourth-order valence-corrected chi connectivity index (χ4v) is 619. The van der Waals surface area contributed by atoms with E-state index in [0.717, 1.165) is 7.96 Å². The molecule has 0 amide bonds. The molecule has 0 nitrogen and oxygen atoms in total. The number of rotatable bonds is 27. The Balaban J connectivity index is 11.2. The first-order valence-electron chi connectivity index (χ1n) is 13.3. The van der Waals surface area contributed by atoms with Crippen molar-refractivity contribution in [1.82, 2.24) is 0 Å². The van der Waals surface area contributed by atoms with Crippen LogP contribution in [0.5, 0.6) is 0 Å². The van der Waals surface area contributed by atoms with Crippen LogP contribution in [0.4, 0.5) is 0 Å². The Morgan fingerprint density at radius 3 is 0.431 bits per heavy atom. The van der Waals surface area contributed by atoms with Gasteiger partial charge in [-0.3, -0.25) is 0 Å². The lowest BCUT2D eigenvalue weighted by molar-refractivity contribution is 1.87. The Morgan fingerprint density at radius 2 is 0.328 bits per heavy atom. The van der Waals surface area contributed by atoms with Gasteiger partial charge in [0.1, 0.15) is 0 Å². The molecule has 33 unspecified atom stereocenters. The molecule has 0 aliphatic rings. The highest BCUT2D eigenvalue weighted by atomic mass is 33.3. The summed E-state index contributed by atoms with van der Waals surface area (Å²) in [7, 11) is 107. The van der Waals surface area contributed by atoms with Crippen molar-refractivity contribution < 1.29 is 0 Å². The highest BCUT2D eigenvalue weighted by molar-refractivity contribution is 9.35. The molecule has 0 aliphatic carbocycles. The van der Waals surface area contributed by atoms with Crippen LogP contribution < -0.4 is 0 Å². The van der Waals surface area contributed by atoms with Gasteiger partial charge < -0.3 is 0 Å². The monoisotopic (exact) mass is 1840 g/mol. The largest absolute Gasteiger partial charge is 0.109 e. The van der Waals surface area contributed by atoms with Gasteiger partial charge in [-0.2, -0.15) is 0 Å². The van der Waals surface area contributed by atoms with Crippen LogP contribution in [0.25, 0.3) is 0 Å². The Bertz CT molecular complexity index is 844. The van der Waals surface area contributed by atoms with Gasteiger partial charge in [-0.15, -0.1) is 268 Å². The summed E-state index contributed by atoms with van der Waals surface area (Å²) < 4.78 is 0.403. The predicted octanol–water partition coefficient (Wildman–Crippen LogP) is 32.6. The van der Waals surface area contributed by atoms with Crippen molar-refractivity contribution in [1.29, 1.82) is 0 Å². The second kappa shape index (κ2) is 44.1. The maximum atomic E-state index is 3.81. The van der Waals surface area contributed by atoms with E-state index in [-0.39, 0.29) is 161 Å². The van der Waals surface area contributed by atoms with Crippen LogP contribution in [-0.2, 0) is 0 Å². The molecule has 0 aromatic heterocycles. The summed E-state index contributed by atoms with van der Waals surface area (Å²) in [6.45, 7) is -6.61. The van der Waals surface area contributed by atoms with Crippen molar-refractivity contribution in [2.24, 2.45) is 0 Å². The van der Waals surface area contributed by atoms with E-state index >= 15 is 0 Å². The first-order chi connectivity index (χ1) is 26.3. The summed E-state index contributed by atoms with van der Waals surface area (Å²) in [5.41, 5.74) is 0. The Hall–Kier alpha value is 24.5. The van der Waals surface area contributed by atoms with Gasteiger partial charge in [0, 0.05) is 0 Å². The molecule has 0 N–H and O–H groups in total. The molecule has 0 saturated heterocycles. The molecular formula is CH61P57. The highest BCUT2D eigenvalue weighted by Gasteiger charge is 2.71. The number of hydrogen-bond acceptors (Lipinski definition) is 0. The van der Waals surface area contributed by atoms with Gasteiger partial charge in [-0.05, 0) is 183 Å². The van der Waals surface area contributed by atoms with Gasteiger partial charge in [0.2, 0.25) is 0 Å². The van der Waals surface area contributed by atoms with E-state index in [1.165, 1.54) is 0 Å². The summed E-state index contributed by atoms with van der Waals surface area (Å²) in [6, 6.07) is 0. The zero-order valence-corrected chi connectivity index (χ0v) is 88.8. The van der Waals surface area contributed by atoms with Gasteiger partial charge in [0.25, 0.3) is 0 Å². The normalized spacial score (nSPS) is 15.8. The first-order valence-corrected chi connectivity index (χ1v) is 114. The van der Waals surface area contributed by atoms with Crippen LogP contribution in [0.1, 0.15) is 0 Å². The van der Waals surface area contributed by atoms with Crippen LogP contribution in [0, 0.1) is 0 Å². The molecule has 33 atom stereocenters. The molecule has 0 saturated carbocycles. The fraction of sp³-hybridized carbons (Fsp3) is 1.00. The average Bonchev–Trinajstić information content (AvgIpc) is 3.01. The minimum atomic E-state index is -0.397. The van der Waals surface area contributed by atoms with Crippen LogP contribution >= 0.6 is 459 Å². The molecule has 0 aromatic carbocycles. The quantitative estimate of drug-likeness (QED) is 0.0719. The topological polar surface area (TPSA) is 0 Å². The first kappa shape index (κ1) is 82.5. The molecule has 0 radical (unpaired) electrons. The smallest absolute Gasteiger partial charge is 0.0859 e. The van der Waals surface area contributed by atoms with Crippen molar-refractivity contribution in [2.75, 3.05) is 0 Å². The molecule has 0 aromatic rings. The molecule has 0 bridgehead atoms. The van der Waals surface area contributed by atoms with E-state index in [4.69, 9.17) is 0 Å². The summed E-state index contributed by atoms with van der Waals surface area (Å²) >= 11 is 0. The minimum absolute atomic E-state index is 0.271. The van der Waals surface area contributed by atoms with Crippen molar-refractivity contribution in [3.63, 3.8) is 0 Å². The van der Waals surface area contributed by atoms with E-state index in [0.29, 0.717) is 4.38 Å². The zero-order chi connectivity index (χ0) is 46.2. The van der Waals surface area contributed by atoms with Gasteiger partial charge in [-0.1, -0.05) is 7.96 Å². The van der Waals surface area contributed by atoms with Crippen LogP contribution in [0.3, 0.4) is 0 Å². The third-order valence-corrected chi connectivity index (χ3v) is 347. The summed E-state index contributed by atoms with van der Waals surface area (Å²) in [5, 5.41) is 0. The standard InChI is InChI=1S/CH61P57/c2-32-51(31)33(52(37(3)4)38(5)6)1(34(53(39(7)8)40(9)10)54(41(11)12)42(13)14,35(55(43(15)16)44(17)18)56(45(19)20)46(21)22)36(57(47(23)24)48(25)26)58(49(27)28)50(29)30/h32H,2-31H2. The molecular weight excluding hydrogens is 1780 g/mol. The van der Waals surface area contributed by atoms with Crippen LogP contribution in [0.2, 0.25) is 0 Å². The third kappa shape index (κ3) is 26.5. The zero-order valence-electron chi connectivity index (χ0n) is 29.9. The van der Waals surface area contributed by atoms with Crippen molar-refractivity contribution in [2.45, 2.75) is 4.38 Å². The minimum Gasteiger partial charge on any atom is -0.109 e. The van der Waals surface area contributed by atoms with Crippen LogP contribution in [-0.4, -0.2) is 4.38 Å². The van der Waals surface area contributed by atoms with E-state index < -0.39 is 21.9 Å².